The Hall–Kier alpha value is -3.09. The minimum absolute atomic E-state index is 0.0403. The van der Waals surface area contributed by atoms with Crippen molar-refractivity contribution in [1.82, 2.24) is 0 Å². The van der Waals surface area contributed by atoms with Crippen LogP contribution in [0.1, 0.15) is 9.67 Å². The van der Waals surface area contributed by atoms with Crippen LogP contribution in [0.25, 0.3) is 10.4 Å². The molecule has 1 aromatic heterocycles. The maximum absolute atomic E-state index is 12.7. The Morgan fingerprint density at radius 1 is 1.12 bits per heavy atom. The minimum atomic E-state index is -3.88. The van der Waals surface area contributed by atoms with Crippen LogP contribution in [0.15, 0.2) is 57.9 Å². The summed E-state index contributed by atoms with van der Waals surface area (Å²) in [5, 5.41) is 18.3. The maximum atomic E-state index is 12.7. The fraction of sp³-hybridized carbons (Fsp3) is 0.100. The van der Waals surface area contributed by atoms with Crippen molar-refractivity contribution in [3.05, 3.63) is 57.9 Å². The van der Waals surface area contributed by atoms with E-state index in [1.54, 1.807) is 18.2 Å². The van der Waals surface area contributed by atoms with Crippen molar-refractivity contribution in [2.24, 2.45) is 0 Å². The van der Waals surface area contributed by atoms with Gasteiger partial charge in [0.05, 0.1) is 21.4 Å². The molecule has 0 spiro atoms. The predicted octanol–water partition coefficient (Wildman–Crippen LogP) is 4.15. The quantitative estimate of drug-likeness (QED) is 0.367. The van der Waals surface area contributed by atoms with Crippen molar-refractivity contribution in [2.75, 3.05) is 18.4 Å². The molecule has 3 rings (SSSR count). The summed E-state index contributed by atoms with van der Waals surface area (Å²) in [4.78, 5) is 22.7. The van der Waals surface area contributed by atoms with E-state index in [0.29, 0.717) is 16.2 Å². The highest BCUT2D eigenvalue weighted by Crippen LogP contribution is 2.46. The lowest BCUT2D eigenvalue weighted by Crippen LogP contribution is -2.12. The van der Waals surface area contributed by atoms with Gasteiger partial charge in [-0.3, -0.25) is 4.72 Å². The number of carbonyl (C=O) groups is 2. The summed E-state index contributed by atoms with van der Waals surface area (Å²) in [7, 11) is -2.40. The lowest BCUT2D eigenvalue weighted by Gasteiger charge is -2.10. The van der Waals surface area contributed by atoms with Crippen LogP contribution >= 0.6 is 27.3 Å². The summed E-state index contributed by atoms with van der Waals surface area (Å²) in [5.74, 6) is -2.12. The third kappa shape index (κ3) is 5.21. The van der Waals surface area contributed by atoms with Crippen molar-refractivity contribution in [3.63, 3.8) is 0 Å². The molecule has 0 saturated heterocycles. The number of sulfonamides is 1. The van der Waals surface area contributed by atoms with Gasteiger partial charge in [-0.25, -0.2) is 18.0 Å². The van der Waals surface area contributed by atoms with Crippen LogP contribution in [0.5, 0.6) is 11.5 Å². The standard InChI is InChI=1S/C20H16BrNO8S2/c1-29-13-5-7-14(8-6-13)32(27,28)22-12-4-2-3-11(9-12)18-16(21)17(30-10-15(23)24)19(31-18)20(25)26/h2-9,22H,10H2,1H3,(H,23,24)(H,25,26). The van der Waals surface area contributed by atoms with Crippen molar-refractivity contribution < 1.29 is 37.7 Å². The number of aliphatic carboxylic acids is 1. The van der Waals surface area contributed by atoms with E-state index in [1.165, 1.54) is 37.4 Å². The van der Waals surface area contributed by atoms with Crippen LogP contribution in [-0.2, 0) is 14.8 Å². The molecule has 3 N–H and O–H groups in total. The molecule has 0 fully saturated rings. The first-order valence-corrected chi connectivity index (χ1v) is 11.9. The molecule has 0 unspecified atom stereocenters. The zero-order valence-corrected chi connectivity index (χ0v) is 19.6. The van der Waals surface area contributed by atoms with Gasteiger partial charge in [-0.1, -0.05) is 12.1 Å². The van der Waals surface area contributed by atoms with Crippen LogP contribution in [0.3, 0.4) is 0 Å². The second-order valence-corrected chi connectivity index (χ2v) is 9.75. The van der Waals surface area contributed by atoms with Crippen molar-refractivity contribution >= 4 is 54.9 Å². The summed E-state index contributed by atoms with van der Waals surface area (Å²) >= 11 is 4.14. The summed E-state index contributed by atoms with van der Waals surface area (Å²) in [6.45, 7) is -0.712. The van der Waals surface area contributed by atoms with E-state index < -0.39 is 28.6 Å². The monoisotopic (exact) mass is 541 g/mol. The number of carboxylic acids is 2. The van der Waals surface area contributed by atoms with Crippen molar-refractivity contribution in [2.45, 2.75) is 4.90 Å². The van der Waals surface area contributed by atoms with Crippen LogP contribution < -0.4 is 14.2 Å². The second-order valence-electron chi connectivity index (χ2n) is 6.25. The molecule has 32 heavy (non-hydrogen) atoms. The summed E-state index contributed by atoms with van der Waals surface area (Å²) < 4.78 is 38.3. The molecule has 2 aromatic carbocycles. The van der Waals surface area contributed by atoms with E-state index in [9.17, 15) is 23.1 Å². The smallest absolute Gasteiger partial charge is 0.349 e. The first-order chi connectivity index (χ1) is 15.1. The molecule has 0 atom stereocenters. The van der Waals surface area contributed by atoms with E-state index in [1.807, 2.05) is 0 Å². The average Bonchev–Trinajstić information content (AvgIpc) is 3.08. The highest BCUT2D eigenvalue weighted by Gasteiger charge is 2.24. The number of hydrogen-bond donors (Lipinski definition) is 3. The summed E-state index contributed by atoms with van der Waals surface area (Å²) in [6, 6.07) is 12.2. The molecule has 0 aliphatic rings. The predicted molar refractivity (Wildman–Crippen MR) is 121 cm³/mol. The second kappa shape index (κ2) is 9.59. The fourth-order valence-corrected chi connectivity index (χ4v) is 5.62. The van der Waals surface area contributed by atoms with E-state index in [-0.39, 0.29) is 25.7 Å². The van der Waals surface area contributed by atoms with Gasteiger partial charge in [0.15, 0.2) is 17.2 Å². The van der Waals surface area contributed by atoms with E-state index in [0.717, 1.165) is 11.3 Å². The molecule has 0 radical (unpaired) electrons. The van der Waals surface area contributed by atoms with Gasteiger partial charge in [0.1, 0.15) is 5.75 Å². The van der Waals surface area contributed by atoms with Gasteiger partial charge >= 0.3 is 11.9 Å². The Balaban J connectivity index is 1.94. The van der Waals surface area contributed by atoms with Crippen LogP contribution in [0.2, 0.25) is 0 Å². The Morgan fingerprint density at radius 2 is 1.81 bits per heavy atom. The Kier molecular flexibility index (Phi) is 7.06. The van der Waals surface area contributed by atoms with Gasteiger partial charge in [0.25, 0.3) is 10.0 Å². The number of ether oxygens (including phenoxy) is 2. The van der Waals surface area contributed by atoms with E-state index in [2.05, 4.69) is 20.7 Å². The molecule has 0 aliphatic carbocycles. The normalized spacial score (nSPS) is 11.1. The maximum Gasteiger partial charge on any atom is 0.349 e. The van der Waals surface area contributed by atoms with Crippen molar-refractivity contribution in [1.29, 1.82) is 0 Å². The number of carboxylic acid groups (broad SMARTS) is 2. The van der Waals surface area contributed by atoms with Gasteiger partial charge in [0.2, 0.25) is 0 Å². The van der Waals surface area contributed by atoms with Crippen LogP contribution in [-0.4, -0.2) is 44.3 Å². The minimum Gasteiger partial charge on any atom is -0.497 e. The highest BCUT2D eigenvalue weighted by molar-refractivity contribution is 9.10. The van der Waals surface area contributed by atoms with E-state index >= 15 is 0 Å². The SMILES string of the molecule is COc1ccc(S(=O)(=O)Nc2cccc(-c3sc(C(=O)O)c(OCC(=O)O)c3Br)c2)cc1. The first-order valence-electron chi connectivity index (χ1n) is 8.80. The molecule has 1 heterocycles. The van der Waals surface area contributed by atoms with Gasteiger partial charge < -0.3 is 19.7 Å². The van der Waals surface area contributed by atoms with Crippen LogP contribution in [0, 0.1) is 0 Å². The number of thiophene rings is 1. The molecular weight excluding hydrogens is 526 g/mol. The number of benzene rings is 2. The molecule has 0 aliphatic heterocycles. The molecule has 9 nitrogen and oxygen atoms in total. The Morgan fingerprint density at radius 3 is 2.41 bits per heavy atom. The lowest BCUT2D eigenvalue weighted by atomic mass is 10.1. The number of anilines is 1. The highest BCUT2D eigenvalue weighted by atomic mass is 79.9. The topological polar surface area (TPSA) is 139 Å². The van der Waals surface area contributed by atoms with Gasteiger partial charge in [-0.05, 0) is 57.9 Å². The first kappa shape index (κ1) is 23.6. The third-order valence-corrected chi connectivity index (χ3v) is 7.71. The van der Waals surface area contributed by atoms with Crippen LogP contribution in [0.4, 0.5) is 5.69 Å². The number of hydrogen-bond acceptors (Lipinski definition) is 7. The summed E-state index contributed by atoms with van der Waals surface area (Å²) in [6.07, 6.45) is 0. The molecule has 168 valence electrons. The largest absolute Gasteiger partial charge is 0.497 e. The lowest BCUT2D eigenvalue weighted by molar-refractivity contribution is -0.139. The van der Waals surface area contributed by atoms with Gasteiger partial charge in [-0.15, -0.1) is 11.3 Å². The fourth-order valence-electron chi connectivity index (χ4n) is 2.68. The number of methoxy groups -OCH3 is 1. The Labute approximate surface area is 195 Å². The molecular formula is C20H16BrNO8S2. The van der Waals surface area contributed by atoms with Crippen molar-refractivity contribution in [3.8, 4) is 21.9 Å². The van der Waals surface area contributed by atoms with E-state index in [4.69, 9.17) is 14.6 Å². The van der Waals surface area contributed by atoms with Gasteiger partial charge in [-0.2, -0.15) is 0 Å². The molecule has 12 heteroatoms. The summed E-state index contributed by atoms with van der Waals surface area (Å²) in [5.41, 5.74) is 0.757. The number of aromatic carboxylic acids is 1. The molecule has 3 aromatic rings. The number of nitrogens with one attached hydrogen (secondary N) is 1. The molecule has 0 amide bonds. The zero-order valence-electron chi connectivity index (χ0n) is 16.4. The third-order valence-electron chi connectivity index (χ3n) is 4.09. The Bertz CT molecular complexity index is 1270. The molecule has 0 saturated carbocycles. The van der Waals surface area contributed by atoms with Gasteiger partial charge in [0, 0.05) is 5.69 Å². The zero-order chi connectivity index (χ0) is 23.5. The average molecular weight is 542 g/mol. The molecule has 0 bridgehead atoms. The number of rotatable bonds is 9. The number of halogens is 1.